The molecule has 0 aliphatic carbocycles. The highest BCUT2D eigenvalue weighted by Crippen LogP contribution is 2.38. The lowest BCUT2D eigenvalue weighted by Gasteiger charge is -2.15. The van der Waals surface area contributed by atoms with Crippen LogP contribution in [-0.4, -0.2) is 17.4 Å². The molecule has 0 spiro atoms. The molecule has 0 aliphatic rings. The van der Waals surface area contributed by atoms with Gasteiger partial charge in [-0.15, -0.1) is 0 Å². The van der Waals surface area contributed by atoms with E-state index >= 15 is 0 Å². The number of benzene rings is 3. The summed E-state index contributed by atoms with van der Waals surface area (Å²) in [7, 11) is 0. The SMILES string of the molecule is CCOc1cc(/C=C(/C#N)C(=O)Nc2ccc([N+](=O)[O-])cc2Br)cc(Br)c1OCc1ccccc1C. The number of hydrogen-bond donors (Lipinski definition) is 1. The van der Waals surface area contributed by atoms with Crippen LogP contribution in [0.15, 0.2) is 69.1 Å². The normalized spacial score (nSPS) is 10.9. The molecule has 0 bridgehead atoms. The highest BCUT2D eigenvalue weighted by molar-refractivity contribution is 9.11. The lowest BCUT2D eigenvalue weighted by atomic mass is 10.1. The Hall–Kier alpha value is -3.68. The number of ether oxygens (including phenoxy) is 2. The molecule has 1 N–H and O–H groups in total. The van der Waals surface area contributed by atoms with Crippen molar-refractivity contribution in [3.8, 4) is 17.6 Å². The Morgan fingerprint density at radius 2 is 1.89 bits per heavy atom. The van der Waals surface area contributed by atoms with Gasteiger partial charge >= 0.3 is 0 Å². The van der Waals surface area contributed by atoms with Crippen LogP contribution in [-0.2, 0) is 11.4 Å². The van der Waals surface area contributed by atoms with Crippen molar-refractivity contribution in [2.45, 2.75) is 20.5 Å². The molecule has 184 valence electrons. The summed E-state index contributed by atoms with van der Waals surface area (Å²) in [5.41, 5.74) is 2.69. The molecule has 0 radical (unpaired) electrons. The molecule has 0 aromatic heterocycles. The second-order valence-corrected chi connectivity index (χ2v) is 9.23. The van der Waals surface area contributed by atoms with Crippen LogP contribution in [0.3, 0.4) is 0 Å². The number of nitrogens with zero attached hydrogens (tertiary/aromatic N) is 2. The van der Waals surface area contributed by atoms with E-state index in [0.717, 1.165) is 11.1 Å². The van der Waals surface area contributed by atoms with Crippen LogP contribution >= 0.6 is 31.9 Å². The average Bonchev–Trinajstić information content (AvgIpc) is 2.84. The summed E-state index contributed by atoms with van der Waals surface area (Å²) >= 11 is 6.72. The van der Waals surface area contributed by atoms with Crippen molar-refractivity contribution in [3.63, 3.8) is 0 Å². The van der Waals surface area contributed by atoms with Crippen LogP contribution in [0, 0.1) is 28.4 Å². The lowest BCUT2D eigenvalue weighted by Crippen LogP contribution is -2.14. The van der Waals surface area contributed by atoms with E-state index in [1.165, 1.54) is 24.3 Å². The average molecular weight is 615 g/mol. The second kappa shape index (κ2) is 12.3. The van der Waals surface area contributed by atoms with E-state index in [9.17, 15) is 20.2 Å². The first-order valence-corrected chi connectivity index (χ1v) is 12.3. The number of hydrogen-bond acceptors (Lipinski definition) is 6. The molecule has 3 aromatic rings. The van der Waals surface area contributed by atoms with E-state index in [1.54, 1.807) is 12.1 Å². The van der Waals surface area contributed by atoms with Crippen molar-refractivity contribution >= 4 is 55.2 Å². The lowest BCUT2D eigenvalue weighted by molar-refractivity contribution is -0.384. The molecule has 0 aliphatic heterocycles. The number of nitrogens with one attached hydrogen (secondary N) is 1. The standard InChI is InChI=1S/C26H21Br2N3O5/c1-3-35-24-12-17(11-22(28)25(24)36-15-18-7-5-4-6-16(18)2)10-19(14-29)26(32)30-23-9-8-20(31(33)34)13-21(23)27/h4-13H,3,15H2,1-2H3,(H,30,32)/b19-10-. The Bertz CT molecular complexity index is 1380. The van der Waals surface area contributed by atoms with Gasteiger partial charge in [0.2, 0.25) is 0 Å². The van der Waals surface area contributed by atoms with Crippen molar-refractivity contribution in [1.29, 1.82) is 5.26 Å². The predicted octanol–water partition coefficient (Wildman–Crippen LogP) is 6.95. The molecule has 0 heterocycles. The summed E-state index contributed by atoms with van der Waals surface area (Å²) in [5.74, 6) is 0.304. The maximum atomic E-state index is 12.7. The first-order valence-electron chi connectivity index (χ1n) is 10.7. The Labute approximate surface area is 224 Å². The molecule has 3 rings (SSSR count). The molecule has 8 nitrogen and oxygen atoms in total. The molecule has 0 unspecified atom stereocenters. The number of amides is 1. The zero-order valence-corrected chi connectivity index (χ0v) is 22.6. The molecule has 0 saturated carbocycles. The van der Waals surface area contributed by atoms with Crippen molar-refractivity contribution in [2.75, 3.05) is 11.9 Å². The van der Waals surface area contributed by atoms with Gasteiger partial charge in [0.05, 0.1) is 21.7 Å². The molecule has 0 atom stereocenters. The van der Waals surface area contributed by atoms with Crippen LogP contribution in [0.25, 0.3) is 6.08 Å². The van der Waals surface area contributed by atoms with Crippen molar-refractivity contribution in [2.24, 2.45) is 0 Å². The van der Waals surface area contributed by atoms with Gasteiger partial charge in [0, 0.05) is 16.6 Å². The summed E-state index contributed by atoms with van der Waals surface area (Å²) in [6.45, 7) is 4.59. The third-order valence-corrected chi connectivity index (χ3v) is 6.30. The van der Waals surface area contributed by atoms with Gasteiger partial charge in [-0.25, -0.2) is 0 Å². The molecule has 0 saturated heterocycles. The quantitative estimate of drug-likeness (QED) is 0.121. The van der Waals surface area contributed by atoms with Gasteiger partial charge in [-0.05, 0) is 86.7 Å². The fourth-order valence-corrected chi connectivity index (χ4v) is 4.26. The van der Waals surface area contributed by atoms with Gasteiger partial charge in [-0.3, -0.25) is 14.9 Å². The van der Waals surface area contributed by atoms with Crippen LogP contribution in [0.1, 0.15) is 23.6 Å². The minimum Gasteiger partial charge on any atom is -0.490 e. The largest absolute Gasteiger partial charge is 0.490 e. The van der Waals surface area contributed by atoms with Crippen molar-refractivity contribution in [3.05, 3.63) is 95.9 Å². The van der Waals surface area contributed by atoms with Crippen LogP contribution < -0.4 is 14.8 Å². The van der Waals surface area contributed by atoms with E-state index < -0.39 is 10.8 Å². The van der Waals surface area contributed by atoms with Crippen LogP contribution in [0.5, 0.6) is 11.5 Å². The Kier molecular flexibility index (Phi) is 9.22. The van der Waals surface area contributed by atoms with Gasteiger partial charge in [0.1, 0.15) is 18.2 Å². The van der Waals surface area contributed by atoms with E-state index in [1.807, 2.05) is 44.2 Å². The highest BCUT2D eigenvalue weighted by Gasteiger charge is 2.17. The number of rotatable bonds is 9. The summed E-state index contributed by atoms with van der Waals surface area (Å²) in [6, 6.07) is 17.1. The topological polar surface area (TPSA) is 114 Å². The second-order valence-electron chi connectivity index (χ2n) is 7.52. The number of nitro benzene ring substituents is 1. The number of non-ortho nitro benzene ring substituents is 1. The van der Waals surface area contributed by atoms with Crippen LogP contribution in [0.2, 0.25) is 0 Å². The summed E-state index contributed by atoms with van der Waals surface area (Å²) in [5, 5.41) is 23.1. The molecule has 0 fully saturated rings. The first-order chi connectivity index (χ1) is 17.2. The number of nitro groups is 1. The number of carbonyl (C=O) groups is 1. The first kappa shape index (κ1) is 26.9. The molecular formula is C26H21Br2N3O5. The zero-order valence-electron chi connectivity index (χ0n) is 19.4. The Balaban J connectivity index is 1.86. The predicted molar refractivity (Wildman–Crippen MR) is 144 cm³/mol. The molecule has 10 heteroatoms. The fourth-order valence-electron chi connectivity index (χ4n) is 3.22. The molecule has 3 aromatic carbocycles. The number of aryl methyl sites for hydroxylation is 1. The Morgan fingerprint density at radius 1 is 1.14 bits per heavy atom. The van der Waals surface area contributed by atoms with E-state index in [2.05, 4.69) is 37.2 Å². The number of halogens is 2. The van der Waals surface area contributed by atoms with Gasteiger partial charge in [0.15, 0.2) is 11.5 Å². The zero-order chi connectivity index (χ0) is 26.2. The van der Waals surface area contributed by atoms with Gasteiger partial charge < -0.3 is 14.8 Å². The van der Waals surface area contributed by atoms with Crippen molar-refractivity contribution in [1.82, 2.24) is 0 Å². The van der Waals surface area contributed by atoms with Gasteiger partial charge in [0.25, 0.3) is 11.6 Å². The summed E-state index contributed by atoms with van der Waals surface area (Å²) in [4.78, 5) is 23.1. The van der Waals surface area contributed by atoms with Crippen molar-refractivity contribution < 1.29 is 19.2 Å². The third kappa shape index (κ3) is 6.71. The summed E-state index contributed by atoms with van der Waals surface area (Å²) in [6.07, 6.45) is 1.42. The highest BCUT2D eigenvalue weighted by atomic mass is 79.9. The van der Waals surface area contributed by atoms with E-state index in [4.69, 9.17) is 9.47 Å². The maximum absolute atomic E-state index is 12.7. The van der Waals surface area contributed by atoms with Crippen LogP contribution in [0.4, 0.5) is 11.4 Å². The molecule has 36 heavy (non-hydrogen) atoms. The van der Waals surface area contributed by atoms with E-state index in [0.29, 0.717) is 44.9 Å². The van der Waals surface area contributed by atoms with E-state index in [-0.39, 0.29) is 11.3 Å². The van der Waals surface area contributed by atoms with Gasteiger partial charge in [-0.2, -0.15) is 5.26 Å². The van der Waals surface area contributed by atoms with Gasteiger partial charge in [-0.1, -0.05) is 24.3 Å². The number of nitriles is 1. The minimum atomic E-state index is -0.666. The minimum absolute atomic E-state index is 0.131. The third-order valence-electron chi connectivity index (χ3n) is 5.05. The maximum Gasteiger partial charge on any atom is 0.270 e. The summed E-state index contributed by atoms with van der Waals surface area (Å²) < 4.78 is 12.7. The molecular weight excluding hydrogens is 594 g/mol. The number of anilines is 1. The molecule has 1 amide bonds. The smallest absolute Gasteiger partial charge is 0.270 e. The Morgan fingerprint density at radius 3 is 2.53 bits per heavy atom. The monoisotopic (exact) mass is 613 g/mol. The fraction of sp³-hybridized carbons (Fsp3) is 0.154. The number of carbonyl (C=O) groups excluding carboxylic acids is 1.